The Morgan fingerprint density at radius 1 is 1.11 bits per heavy atom. The molecule has 254 valence electrons. The highest BCUT2D eigenvalue weighted by atomic mass is 32.2. The lowest BCUT2D eigenvalue weighted by molar-refractivity contribution is -0.713. The standard InChI is InChI=1S/C29H33F3N6O8S/c1-18-8-10-20(11-9-18)24-17-25(29(30,31)32)33-37(24)21-12-14-22(15-13-21)47(42,43)34-26(39)23-7-6-16-36(23)38(41)35-46-19(2)44-27(40)45-28(3,4)5/h8-15,17,19,23H,6-7,16H2,1-5H3,(H,34,39)/b38-35+/t19?,23-/m0/s1. The quantitative estimate of drug-likeness (QED) is 0.104. The number of hydrogen-bond donors (Lipinski definition) is 1. The van der Waals surface area contributed by atoms with E-state index in [-0.39, 0.29) is 34.2 Å². The second-order valence-electron chi connectivity index (χ2n) is 11.6. The summed E-state index contributed by atoms with van der Waals surface area (Å²) >= 11 is 0. The van der Waals surface area contributed by atoms with Crippen molar-refractivity contribution in [2.24, 2.45) is 5.28 Å². The van der Waals surface area contributed by atoms with Crippen LogP contribution >= 0.6 is 0 Å². The van der Waals surface area contributed by atoms with Gasteiger partial charge in [-0.25, -0.2) is 22.6 Å². The van der Waals surface area contributed by atoms with Gasteiger partial charge in [0.05, 0.1) is 27.8 Å². The molecule has 18 heteroatoms. The molecule has 0 aliphatic carbocycles. The average Bonchev–Trinajstić information content (AvgIpc) is 3.64. The zero-order chi connectivity index (χ0) is 34.7. The smallest absolute Gasteiger partial charge is 0.511 e. The number of ether oxygens (including phenoxy) is 2. The fourth-order valence-electron chi connectivity index (χ4n) is 4.48. The number of alkyl halides is 3. The Morgan fingerprint density at radius 2 is 1.74 bits per heavy atom. The van der Waals surface area contributed by atoms with Crippen molar-refractivity contribution in [2.75, 3.05) is 6.54 Å². The van der Waals surface area contributed by atoms with Crippen molar-refractivity contribution < 1.29 is 50.5 Å². The van der Waals surface area contributed by atoms with E-state index in [0.717, 1.165) is 33.5 Å². The number of halogens is 3. The first-order chi connectivity index (χ1) is 21.8. The molecular formula is C29H33F3N6O8S. The summed E-state index contributed by atoms with van der Waals surface area (Å²) in [6.07, 6.45) is -6.65. The van der Waals surface area contributed by atoms with Gasteiger partial charge in [0, 0.05) is 12.5 Å². The average molecular weight is 683 g/mol. The summed E-state index contributed by atoms with van der Waals surface area (Å²) < 4.78 is 79.6. The van der Waals surface area contributed by atoms with Crippen LogP contribution in [0.15, 0.2) is 64.8 Å². The van der Waals surface area contributed by atoms with Crippen LogP contribution in [0.2, 0.25) is 0 Å². The van der Waals surface area contributed by atoms with Gasteiger partial charge in [-0.15, -0.1) is 5.01 Å². The molecule has 1 saturated heterocycles. The molecule has 2 heterocycles. The Bertz CT molecular complexity index is 1740. The van der Waals surface area contributed by atoms with E-state index in [4.69, 9.17) is 14.3 Å². The van der Waals surface area contributed by atoms with Crippen LogP contribution in [0.1, 0.15) is 51.8 Å². The van der Waals surface area contributed by atoms with Gasteiger partial charge in [-0.1, -0.05) is 29.8 Å². The zero-order valence-electron chi connectivity index (χ0n) is 26.0. The monoisotopic (exact) mass is 682 g/mol. The van der Waals surface area contributed by atoms with Gasteiger partial charge in [-0.2, -0.15) is 18.3 Å². The van der Waals surface area contributed by atoms with E-state index in [0.29, 0.717) is 12.0 Å². The molecule has 1 aromatic heterocycles. The Morgan fingerprint density at radius 3 is 2.34 bits per heavy atom. The lowest BCUT2D eigenvalue weighted by Gasteiger charge is -2.21. The second kappa shape index (κ2) is 13.5. The minimum atomic E-state index is -4.72. The molecule has 1 aliphatic rings. The maximum absolute atomic E-state index is 13.5. The van der Waals surface area contributed by atoms with Gasteiger partial charge in [0.1, 0.15) is 5.60 Å². The summed E-state index contributed by atoms with van der Waals surface area (Å²) in [7, 11) is -4.47. The summed E-state index contributed by atoms with van der Waals surface area (Å²) in [6, 6.07) is 11.1. The molecule has 2 atom stereocenters. The van der Waals surface area contributed by atoms with E-state index in [9.17, 15) is 36.4 Å². The van der Waals surface area contributed by atoms with Gasteiger partial charge in [-0.05, 0) is 70.9 Å². The lowest BCUT2D eigenvalue weighted by atomic mass is 10.1. The van der Waals surface area contributed by atoms with Crippen LogP contribution in [0.25, 0.3) is 16.9 Å². The number of carbonyl (C=O) groups is 2. The predicted molar refractivity (Wildman–Crippen MR) is 158 cm³/mol. The summed E-state index contributed by atoms with van der Waals surface area (Å²) in [6.45, 7) is 8.01. The third kappa shape index (κ3) is 8.90. The van der Waals surface area contributed by atoms with Gasteiger partial charge in [0.2, 0.25) is 5.28 Å². The third-order valence-corrected chi connectivity index (χ3v) is 8.00. The van der Waals surface area contributed by atoms with Gasteiger partial charge < -0.3 is 14.7 Å². The van der Waals surface area contributed by atoms with E-state index in [1.807, 2.05) is 11.6 Å². The number of carbonyl (C=O) groups excluding carboxylic acids is 2. The first-order valence-electron chi connectivity index (χ1n) is 14.3. The number of sulfonamides is 1. The number of rotatable bonds is 9. The molecule has 47 heavy (non-hydrogen) atoms. The van der Waals surface area contributed by atoms with Crippen molar-refractivity contribution in [2.45, 2.75) is 76.5 Å². The molecule has 1 fully saturated rings. The first-order valence-corrected chi connectivity index (χ1v) is 15.7. The maximum Gasteiger partial charge on any atom is 0.511 e. The van der Waals surface area contributed by atoms with Crippen LogP contribution in [0, 0.1) is 12.1 Å². The molecule has 1 aliphatic heterocycles. The largest absolute Gasteiger partial charge is 0.569 e. The molecule has 1 unspecified atom stereocenters. The van der Waals surface area contributed by atoms with Crippen LogP contribution in [0.5, 0.6) is 0 Å². The van der Waals surface area contributed by atoms with E-state index >= 15 is 0 Å². The number of nitrogens with one attached hydrogen (secondary N) is 1. The van der Waals surface area contributed by atoms with E-state index in [1.54, 1.807) is 45.0 Å². The number of benzene rings is 2. The van der Waals surface area contributed by atoms with E-state index < -0.39 is 51.9 Å². The zero-order valence-corrected chi connectivity index (χ0v) is 26.8. The minimum absolute atomic E-state index is 0.0393. The molecular weight excluding hydrogens is 649 g/mol. The number of aryl methyl sites for hydroxylation is 1. The fraction of sp³-hybridized carbons (Fsp3) is 0.414. The highest BCUT2D eigenvalue weighted by Gasteiger charge is 2.39. The highest BCUT2D eigenvalue weighted by molar-refractivity contribution is 7.90. The molecule has 0 radical (unpaired) electrons. The molecule has 1 N–H and O–H groups in total. The summed E-state index contributed by atoms with van der Waals surface area (Å²) in [4.78, 5) is 29.2. The van der Waals surface area contributed by atoms with Crippen LogP contribution in [0.4, 0.5) is 18.0 Å². The molecule has 14 nitrogen and oxygen atoms in total. The van der Waals surface area contributed by atoms with Gasteiger partial charge in [0.25, 0.3) is 22.2 Å². The molecule has 0 saturated carbocycles. The predicted octanol–water partition coefficient (Wildman–Crippen LogP) is 5.24. The number of nitrogens with zero attached hydrogens (tertiary/aromatic N) is 5. The Balaban J connectivity index is 1.46. The molecule has 0 bridgehead atoms. The Hall–Kier alpha value is -4.87. The number of aromatic nitrogens is 2. The van der Waals surface area contributed by atoms with Crippen molar-refractivity contribution in [1.82, 2.24) is 19.5 Å². The van der Waals surface area contributed by atoms with Crippen molar-refractivity contribution in [1.29, 1.82) is 0 Å². The number of amides is 1. The normalized spacial score (nSPS) is 16.5. The minimum Gasteiger partial charge on any atom is -0.569 e. The first kappa shape index (κ1) is 35.0. The molecule has 0 spiro atoms. The summed E-state index contributed by atoms with van der Waals surface area (Å²) in [5, 5.41) is 20.5. The van der Waals surface area contributed by atoms with E-state index in [2.05, 4.69) is 10.4 Å². The van der Waals surface area contributed by atoms with Crippen LogP contribution in [0.3, 0.4) is 0 Å². The fourth-order valence-corrected chi connectivity index (χ4v) is 5.49. The van der Waals surface area contributed by atoms with Gasteiger partial charge in [-0.3, -0.25) is 9.63 Å². The van der Waals surface area contributed by atoms with Crippen LogP contribution in [-0.2, 0) is 35.3 Å². The Kier molecular flexibility index (Phi) is 10.0. The molecule has 1 amide bonds. The third-order valence-electron chi connectivity index (χ3n) is 6.64. The van der Waals surface area contributed by atoms with Crippen molar-refractivity contribution in [3.63, 3.8) is 0 Å². The van der Waals surface area contributed by atoms with Gasteiger partial charge in [0.15, 0.2) is 11.7 Å². The lowest BCUT2D eigenvalue weighted by Crippen LogP contribution is -2.47. The van der Waals surface area contributed by atoms with Crippen LogP contribution < -0.4 is 4.72 Å². The van der Waals surface area contributed by atoms with Crippen LogP contribution in [-0.4, -0.2) is 64.7 Å². The maximum atomic E-state index is 13.5. The van der Waals surface area contributed by atoms with Crippen molar-refractivity contribution >= 4 is 22.1 Å². The molecule has 4 rings (SSSR count). The molecule has 2 aromatic carbocycles. The van der Waals surface area contributed by atoms with E-state index in [1.165, 1.54) is 19.1 Å². The van der Waals surface area contributed by atoms with Crippen molar-refractivity contribution in [3.8, 4) is 16.9 Å². The summed E-state index contributed by atoms with van der Waals surface area (Å²) in [5.41, 5.74) is -0.339. The van der Waals surface area contributed by atoms with Crippen molar-refractivity contribution in [3.05, 3.63) is 71.1 Å². The molecule has 3 aromatic rings. The SMILES string of the molecule is Cc1ccc(-c2cc(C(F)(F)F)nn2-c2ccc(S(=O)(=O)NC(=O)[C@@H]3CCCN3/[N+]([O-])=N\OC(C)OC(=O)OC(C)(C)C)cc2)cc1. The Labute approximate surface area is 268 Å². The highest BCUT2D eigenvalue weighted by Crippen LogP contribution is 2.33. The number of hydrogen-bond acceptors (Lipinski definition) is 10. The van der Waals surface area contributed by atoms with Gasteiger partial charge >= 0.3 is 12.3 Å². The number of hydrazine groups is 1. The second-order valence-corrected chi connectivity index (χ2v) is 13.2. The topological polar surface area (TPSA) is 167 Å². The summed E-state index contributed by atoms with van der Waals surface area (Å²) in [5.74, 6) is -1.02.